The summed E-state index contributed by atoms with van der Waals surface area (Å²) in [4.78, 5) is 0. The Morgan fingerprint density at radius 3 is 2.76 bits per heavy atom. The quantitative estimate of drug-likeness (QED) is 0.878. The van der Waals surface area contributed by atoms with E-state index >= 15 is 0 Å². The lowest BCUT2D eigenvalue weighted by atomic mass is 9.86. The molecule has 1 N–H and O–H groups in total. The van der Waals surface area contributed by atoms with Crippen molar-refractivity contribution in [2.24, 2.45) is 0 Å². The van der Waals surface area contributed by atoms with Gasteiger partial charge in [0, 0.05) is 5.02 Å². The van der Waals surface area contributed by atoms with Crippen LogP contribution in [0.5, 0.6) is 0 Å². The SMILES string of the molecule is Cc1cc(Cl)c2c(c1)=c1ccc3c(c1C(NS(C)(=O)=O)C=2)CCCC=3. The zero-order valence-corrected chi connectivity index (χ0v) is 15.8. The zero-order chi connectivity index (χ0) is 17.8. The smallest absolute Gasteiger partial charge is 0.209 e. The van der Waals surface area contributed by atoms with Gasteiger partial charge in [-0.05, 0) is 69.8 Å². The molecule has 0 fully saturated rings. The molecular weight excluding hydrogens is 354 g/mol. The molecule has 0 bridgehead atoms. The Labute approximate surface area is 152 Å². The number of halogens is 1. The molecule has 0 aromatic heterocycles. The molecule has 130 valence electrons. The molecule has 5 heteroatoms. The first-order valence-electron chi connectivity index (χ1n) is 8.45. The molecule has 0 saturated heterocycles. The fourth-order valence-corrected chi connectivity index (χ4v) is 4.98. The van der Waals surface area contributed by atoms with Crippen molar-refractivity contribution >= 4 is 33.8 Å². The third kappa shape index (κ3) is 3.03. The van der Waals surface area contributed by atoms with E-state index in [-0.39, 0.29) is 6.04 Å². The third-order valence-corrected chi connectivity index (χ3v) is 5.93. The molecule has 1 atom stereocenters. The first-order valence-corrected chi connectivity index (χ1v) is 10.7. The monoisotopic (exact) mass is 373 g/mol. The van der Waals surface area contributed by atoms with Crippen LogP contribution in [0.15, 0.2) is 24.3 Å². The molecule has 0 saturated carbocycles. The highest BCUT2D eigenvalue weighted by atomic mass is 35.5. The lowest BCUT2D eigenvalue weighted by Gasteiger charge is -2.24. The van der Waals surface area contributed by atoms with Crippen molar-refractivity contribution in [2.75, 3.05) is 6.26 Å². The Kier molecular flexibility index (Phi) is 4.02. The maximum atomic E-state index is 12.0. The van der Waals surface area contributed by atoms with Gasteiger partial charge < -0.3 is 0 Å². The molecule has 2 aliphatic carbocycles. The van der Waals surface area contributed by atoms with Crippen molar-refractivity contribution in [3.05, 3.63) is 66.9 Å². The number of hydrogen-bond acceptors (Lipinski definition) is 2. The average molecular weight is 374 g/mol. The van der Waals surface area contributed by atoms with E-state index in [1.54, 1.807) is 0 Å². The summed E-state index contributed by atoms with van der Waals surface area (Å²) in [7, 11) is -3.35. The van der Waals surface area contributed by atoms with Crippen molar-refractivity contribution in [1.29, 1.82) is 0 Å². The highest BCUT2D eigenvalue weighted by Gasteiger charge is 2.23. The van der Waals surface area contributed by atoms with Gasteiger partial charge in [-0.1, -0.05) is 42.0 Å². The van der Waals surface area contributed by atoms with Crippen molar-refractivity contribution in [3.8, 4) is 0 Å². The standard InChI is InChI=1S/C20H20ClNO2S/c1-12-9-16-15-8-7-13-5-3-4-6-14(13)20(15)19(22-25(2,23)24)11-17(16)18(21)10-12/h5,7-11,19,22H,3-4,6H2,1-2H3. The van der Waals surface area contributed by atoms with Crippen LogP contribution in [0.4, 0.5) is 0 Å². The van der Waals surface area contributed by atoms with Crippen LogP contribution in [0.1, 0.15) is 35.6 Å². The lowest BCUT2D eigenvalue weighted by Crippen LogP contribution is -2.32. The molecule has 3 nitrogen and oxygen atoms in total. The summed E-state index contributed by atoms with van der Waals surface area (Å²) < 4.78 is 26.7. The Balaban J connectivity index is 2.19. The van der Waals surface area contributed by atoms with Crippen LogP contribution in [0.2, 0.25) is 5.02 Å². The summed E-state index contributed by atoms with van der Waals surface area (Å²) >= 11 is 6.48. The Morgan fingerprint density at radius 2 is 2.00 bits per heavy atom. The van der Waals surface area contributed by atoms with E-state index in [1.807, 2.05) is 19.1 Å². The third-order valence-electron chi connectivity index (χ3n) is 4.94. The summed E-state index contributed by atoms with van der Waals surface area (Å²) in [6.45, 7) is 2.03. The van der Waals surface area contributed by atoms with Crippen molar-refractivity contribution in [2.45, 2.75) is 32.2 Å². The fourth-order valence-electron chi connectivity index (χ4n) is 4.00. The van der Waals surface area contributed by atoms with Crippen LogP contribution in [-0.2, 0) is 16.4 Å². The van der Waals surface area contributed by atoms with E-state index in [4.69, 9.17) is 11.6 Å². The molecule has 0 radical (unpaired) electrons. The van der Waals surface area contributed by atoms with Crippen LogP contribution in [-0.4, -0.2) is 14.7 Å². The summed E-state index contributed by atoms with van der Waals surface area (Å²) in [6.07, 6.45) is 8.54. The van der Waals surface area contributed by atoms with Gasteiger partial charge in [-0.2, -0.15) is 0 Å². The van der Waals surface area contributed by atoms with E-state index < -0.39 is 10.0 Å². The minimum atomic E-state index is -3.35. The highest BCUT2D eigenvalue weighted by molar-refractivity contribution is 7.88. The molecule has 2 aromatic rings. The molecule has 0 heterocycles. The highest BCUT2D eigenvalue weighted by Crippen LogP contribution is 2.26. The summed E-state index contributed by atoms with van der Waals surface area (Å²) in [5.41, 5.74) is 3.43. The Morgan fingerprint density at radius 1 is 1.20 bits per heavy atom. The van der Waals surface area contributed by atoms with E-state index in [9.17, 15) is 8.42 Å². The van der Waals surface area contributed by atoms with Crippen LogP contribution in [0, 0.1) is 17.4 Å². The number of nitrogens with one attached hydrogen (secondary N) is 1. The number of benzene rings is 2. The largest absolute Gasteiger partial charge is 0.213 e. The molecule has 0 amide bonds. The normalized spacial score (nSPS) is 18.4. The van der Waals surface area contributed by atoms with Gasteiger partial charge in [-0.15, -0.1) is 0 Å². The predicted octanol–water partition coefficient (Wildman–Crippen LogP) is 2.44. The van der Waals surface area contributed by atoms with Crippen LogP contribution < -0.4 is 15.2 Å². The second-order valence-electron chi connectivity index (χ2n) is 6.93. The molecule has 0 spiro atoms. The van der Waals surface area contributed by atoms with E-state index in [2.05, 4.69) is 29.0 Å². The predicted molar refractivity (Wildman–Crippen MR) is 102 cm³/mol. The topological polar surface area (TPSA) is 46.2 Å². The van der Waals surface area contributed by atoms with Gasteiger partial charge in [0.15, 0.2) is 0 Å². The number of aryl methyl sites for hydroxylation is 1. The van der Waals surface area contributed by atoms with Crippen molar-refractivity contribution in [1.82, 2.24) is 4.72 Å². The number of sulfonamides is 1. The summed E-state index contributed by atoms with van der Waals surface area (Å²) in [5.74, 6) is 0. The molecule has 1 unspecified atom stereocenters. The molecule has 2 aromatic carbocycles. The second-order valence-corrected chi connectivity index (χ2v) is 9.12. The molecule has 0 aliphatic heterocycles. The first kappa shape index (κ1) is 16.8. The molecule has 2 aliphatic rings. The van der Waals surface area contributed by atoms with E-state index in [0.29, 0.717) is 5.02 Å². The minimum absolute atomic E-state index is 0.390. The van der Waals surface area contributed by atoms with E-state index in [0.717, 1.165) is 46.0 Å². The Bertz CT molecular complexity index is 1200. The van der Waals surface area contributed by atoms with Gasteiger partial charge in [0.05, 0.1) is 12.3 Å². The van der Waals surface area contributed by atoms with Gasteiger partial charge in [0.1, 0.15) is 0 Å². The molecular formula is C20H20ClNO2S. The van der Waals surface area contributed by atoms with Crippen LogP contribution >= 0.6 is 11.6 Å². The lowest BCUT2D eigenvalue weighted by molar-refractivity contribution is 0.582. The average Bonchev–Trinajstić information content (AvgIpc) is 2.54. The van der Waals surface area contributed by atoms with Crippen molar-refractivity contribution < 1.29 is 8.42 Å². The number of fused-ring (bicyclic) bond motifs is 4. The number of rotatable bonds is 2. The fraction of sp³-hybridized carbons (Fsp3) is 0.300. The maximum absolute atomic E-state index is 12.0. The van der Waals surface area contributed by atoms with Gasteiger partial charge in [0.2, 0.25) is 10.0 Å². The number of hydrogen-bond donors (Lipinski definition) is 1. The van der Waals surface area contributed by atoms with Gasteiger partial charge in [0.25, 0.3) is 0 Å². The minimum Gasteiger partial charge on any atom is -0.213 e. The van der Waals surface area contributed by atoms with Gasteiger partial charge in [-0.3, -0.25) is 0 Å². The van der Waals surface area contributed by atoms with Crippen LogP contribution in [0.25, 0.3) is 12.2 Å². The Hall–Kier alpha value is -1.62. The van der Waals surface area contributed by atoms with Gasteiger partial charge >= 0.3 is 0 Å². The molecule has 25 heavy (non-hydrogen) atoms. The summed E-state index contributed by atoms with van der Waals surface area (Å²) in [5, 5.41) is 4.95. The zero-order valence-electron chi connectivity index (χ0n) is 14.3. The first-order chi connectivity index (χ1) is 11.8. The van der Waals surface area contributed by atoms with Gasteiger partial charge in [-0.25, -0.2) is 13.1 Å². The van der Waals surface area contributed by atoms with Crippen LogP contribution in [0.3, 0.4) is 0 Å². The van der Waals surface area contributed by atoms with E-state index in [1.165, 1.54) is 17.0 Å². The summed E-state index contributed by atoms with van der Waals surface area (Å²) in [6, 6.07) is 7.92. The second kappa shape index (κ2) is 5.97. The maximum Gasteiger partial charge on any atom is 0.209 e. The van der Waals surface area contributed by atoms with Crippen molar-refractivity contribution in [3.63, 3.8) is 0 Å². The molecule has 4 rings (SSSR count).